The van der Waals surface area contributed by atoms with Gasteiger partial charge in [0.05, 0.1) is 18.0 Å². The first-order chi connectivity index (χ1) is 13.4. The van der Waals surface area contributed by atoms with Crippen LogP contribution in [0.1, 0.15) is 24.0 Å². The average Bonchev–Trinajstić information content (AvgIpc) is 3.11. The fraction of sp³-hybridized carbons (Fsp3) is 0.429. The van der Waals surface area contributed by atoms with Gasteiger partial charge in [-0.05, 0) is 36.5 Å². The summed E-state index contributed by atoms with van der Waals surface area (Å²) in [5.74, 6) is 0.349. The van der Waals surface area contributed by atoms with Gasteiger partial charge >= 0.3 is 6.18 Å². The normalized spacial score (nSPS) is 22.2. The highest BCUT2D eigenvalue weighted by Gasteiger charge is 2.43. The van der Waals surface area contributed by atoms with Crippen molar-refractivity contribution in [3.8, 4) is 0 Å². The number of carbonyl (C=O) groups is 1. The fourth-order valence-corrected chi connectivity index (χ4v) is 4.38. The molecule has 2 aromatic rings. The maximum absolute atomic E-state index is 13.4. The second-order valence-electron chi connectivity index (χ2n) is 7.47. The van der Waals surface area contributed by atoms with E-state index in [-0.39, 0.29) is 17.8 Å². The summed E-state index contributed by atoms with van der Waals surface area (Å²) in [5.41, 5.74) is 0.237. The van der Waals surface area contributed by atoms with Crippen molar-refractivity contribution in [3.05, 3.63) is 59.8 Å². The average molecular weight is 389 g/mol. The lowest BCUT2D eigenvalue weighted by molar-refractivity contribution is -0.137. The second-order valence-corrected chi connectivity index (χ2v) is 7.47. The van der Waals surface area contributed by atoms with Crippen molar-refractivity contribution < 1.29 is 18.0 Å². The summed E-state index contributed by atoms with van der Waals surface area (Å²) in [6.07, 6.45) is -1.05. The number of rotatable bonds is 3. The summed E-state index contributed by atoms with van der Waals surface area (Å²) in [4.78, 5) is 20.4. The molecular formula is C21H22F3N3O. The van der Waals surface area contributed by atoms with E-state index < -0.39 is 11.7 Å². The largest absolute Gasteiger partial charge is 0.419 e. The van der Waals surface area contributed by atoms with Crippen LogP contribution in [0.5, 0.6) is 0 Å². The molecule has 0 radical (unpaired) electrons. The van der Waals surface area contributed by atoms with Gasteiger partial charge in [-0.3, -0.25) is 4.79 Å². The Morgan fingerprint density at radius 1 is 1.07 bits per heavy atom. The van der Waals surface area contributed by atoms with Gasteiger partial charge in [0.1, 0.15) is 5.82 Å². The summed E-state index contributed by atoms with van der Waals surface area (Å²) >= 11 is 0. The molecule has 3 heterocycles. The second kappa shape index (κ2) is 7.45. The van der Waals surface area contributed by atoms with Gasteiger partial charge in [0, 0.05) is 25.8 Å². The molecule has 2 unspecified atom stereocenters. The predicted octanol–water partition coefficient (Wildman–Crippen LogP) is 3.77. The highest BCUT2D eigenvalue weighted by molar-refractivity contribution is 5.79. The van der Waals surface area contributed by atoms with Gasteiger partial charge in [0.2, 0.25) is 5.91 Å². The summed E-state index contributed by atoms with van der Waals surface area (Å²) < 4.78 is 40.2. The summed E-state index contributed by atoms with van der Waals surface area (Å²) in [6, 6.07) is 11.9. The fourth-order valence-electron chi connectivity index (χ4n) is 4.38. The van der Waals surface area contributed by atoms with Crippen molar-refractivity contribution in [2.75, 3.05) is 24.5 Å². The molecule has 2 atom stereocenters. The smallest absolute Gasteiger partial charge is 0.354 e. The van der Waals surface area contributed by atoms with E-state index in [9.17, 15) is 18.0 Å². The molecule has 0 bridgehead atoms. The van der Waals surface area contributed by atoms with Crippen LogP contribution in [0.25, 0.3) is 0 Å². The zero-order valence-electron chi connectivity index (χ0n) is 15.4. The quantitative estimate of drug-likeness (QED) is 0.802. The van der Waals surface area contributed by atoms with Crippen molar-refractivity contribution in [1.82, 2.24) is 9.88 Å². The first kappa shape index (κ1) is 18.8. The van der Waals surface area contributed by atoms with Crippen molar-refractivity contribution in [2.24, 2.45) is 5.92 Å². The molecule has 148 valence electrons. The third-order valence-electron chi connectivity index (χ3n) is 5.77. The molecule has 0 spiro atoms. The van der Waals surface area contributed by atoms with Crippen LogP contribution < -0.4 is 4.90 Å². The first-order valence-corrected chi connectivity index (χ1v) is 9.54. The van der Waals surface area contributed by atoms with Crippen LogP contribution in [0.15, 0.2) is 48.7 Å². The Labute approximate surface area is 162 Å². The number of anilines is 1. The molecule has 4 rings (SSSR count). The molecule has 28 heavy (non-hydrogen) atoms. The Morgan fingerprint density at radius 2 is 1.82 bits per heavy atom. The number of aromatic nitrogens is 1. The summed E-state index contributed by atoms with van der Waals surface area (Å²) in [5, 5.41) is 0. The van der Waals surface area contributed by atoms with Crippen molar-refractivity contribution in [1.29, 1.82) is 0 Å². The molecule has 0 aliphatic carbocycles. The molecule has 2 fully saturated rings. The SMILES string of the molecule is O=C(Cc1ccccc1)N1CCC2CCN(c3ncccc3C(F)(F)F)CC21. The van der Waals surface area contributed by atoms with Crippen LogP contribution in [0.3, 0.4) is 0 Å². The number of hydrogen-bond acceptors (Lipinski definition) is 3. The number of piperidine rings is 1. The molecule has 1 amide bonds. The molecule has 2 aliphatic heterocycles. The highest BCUT2D eigenvalue weighted by atomic mass is 19.4. The molecule has 0 saturated carbocycles. The van der Waals surface area contributed by atoms with E-state index in [0.29, 0.717) is 32.0 Å². The van der Waals surface area contributed by atoms with Crippen LogP contribution in [-0.4, -0.2) is 41.5 Å². The zero-order chi connectivity index (χ0) is 19.7. The Hall–Kier alpha value is -2.57. The van der Waals surface area contributed by atoms with Crippen LogP contribution in [-0.2, 0) is 17.4 Å². The lowest BCUT2D eigenvalue weighted by Gasteiger charge is -2.39. The topological polar surface area (TPSA) is 36.4 Å². The molecule has 1 aromatic carbocycles. The highest BCUT2D eigenvalue weighted by Crippen LogP contribution is 2.39. The zero-order valence-corrected chi connectivity index (χ0v) is 15.4. The Bertz CT molecular complexity index is 840. The Balaban J connectivity index is 1.52. The molecule has 2 aliphatic rings. The number of fused-ring (bicyclic) bond motifs is 1. The molecule has 4 nitrogen and oxygen atoms in total. The number of pyridine rings is 1. The standard InChI is InChI=1S/C21H22F3N3O/c22-21(23,24)17-7-4-10-25-20(17)26-11-8-16-9-12-27(18(16)14-26)19(28)13-15-5-2-1-3-6-15/h1-7,10,16,18H,8-9,11-14H2. The summed E-state index contributed by atoms with van der Waals surface area (Å²) in [6.45, 7) is 1.59. The maximum Gasteiger partial charge on any atom is 0.419 e. The molecular weight excluding hydrogens is 367 g/mol. The molecule has 7 heteroatoms. The van der Waals surface area contributed by atoms with Crippen molar-refractivity contribution in [3.63, 3.8) is 0 Å². The van der Waals surface area contributed by atoms with Crippen molar-refractivity contribution >= 4 is 11.7 Å². The number of amides is 1. The number of hydrogen-bond donors (Lipinski definition) is 0. The van der Waals surface area contributed by atoms with E-state index in [1.807, 2.05) is 35.2 Å². The van der Waals surface area contributed by atoms with Gasteiger partial charge in [-0.1, -0.05) is 30.3 Å². The van der Waals surface area contributed by atoms with Gasteiger partial charge in [0.25, 0.3) is 0 Å². The van der Waals surface area contributed by atoms with Gasteiger partial charge in [0.15, 0.2) is 0 Å². The number of nitrogens with zero attached hydrogens (tertiary/aromatic N) is 3. The lowest BCUT2D eigenvalue weighted by Crippen LogP contribution is -2.50. The molecule has 1 aromatic heterocycles. The third-order valence-corrected chi connectivity index (χ3v) is 5.77. The van der Waals surface area contributed by atoms with E-state index in [4.69, 9.17) is 0 Å². The van der Waals surface area contributed by atoms with E-state index in [2.05, 4.69) is 4.98 Å². The van der Waals surface area contributed by atoms with E-state index in [1.165, 1.54) is 12.3 Å². The predicted molar refractivity (Wildman–Crippen MR) is 99.8 cm³/mol. The first-order valence-electron chi connectivity index (χ1n) is 9.54. The van der Waals surface area contributed by atoms with Gasteiger partial charge in [-0.25, -0.2) is 4.98 Å². The number of benzene rings is 1. The maximum atomic E-state index is 13.4. The molecule has 2 saturated heterocycles. The summed E-state index contributed by atoms with van der Waals surface area (Å²) in [7, 11) is 0. The Kier molecular flexibility index (Phi) is 5.00. The van der Waals surface area contributed by atoms with Crippen LogP contribution in [0, 0.1) is 5.92 Å². The van der Waals surface area contributed by atoms with Gasteiger partial charge in [-0.15, -0.1) is 0 Å². The van der Waals surface area contributed by atoms with Gasteiger partial charge < -0.3 is 9.80 Å². The van der Waals surface area contributed by atoms with Crippen molar-refractivity contribution in [2.45, 2.75) is 31.5 Å². The lowest BCUT2D eigenvalue weighted by atomic mass is 9.91. The minimum Gasteiger partial charge on any atom is -0.354 e. The number of halogens is 3. The number of likely N-dealkylation sites (tertiary alicyclic amines) is 1. The minimum absolute atomic E-state index is 0.0317. The minimum atomic E-state index is -4.45. The van der Waals surface area contributed by atoms with E-state index in [0.717, 1.165) is 24.5 Å². The third kappa shape index (κ3) is 3.70. The number of alkyl halides is 3. The van der Waals surface area contributed by atoms with E-state index in [1.54, 1.807) is 4.90 Å². The Morgan fingerprint density at radius 3 is 2.57 bits per heavy atom. The van der Waals surface area contributed by atoms with E-state index >= 15 is 0 Å². The van der Waals surface area contributed by atoms with Gasteiger partial charge in [-0.2, -0.15) is 13.2 Å². The molecule has 0 N–H and O–H groups in total. The van der Waals surface area contributed by atoms with Crippen LogP contribution in [0.4, 0.5) is 19.0 Å². The monoisotopic (exact) mass is 389 g/mol. The van der Waals surface area contributed by atoms with Crippen LogP contribution >= 0.6 is 0 Å². The van der Waals surface area contributed by atoms with Crippen LogP contribution in [0.2, 0.25) is 0 Å². The number of carbonyl (C=O) groups excluding carboxylic acids is 1.